The molecule has 5 heteroatoms. The Kier molecular flexibility index (Phi) is 3.84. The number of carbonyl (C=O) groups excluding carboxylic acids is 1. The van der Waals surface area contributed by atoms with Crippen LogP contribution >= 0.6 is 0 Å². The maximum absolute atomic E-state index is 11.8. The molecule has 0 aromatic heterocycles. The first-order chi connectivity index (χ1) is 7.47. The number of benzene rings is 1. The van der Waals surface area contributed by atoms with Crippen LogP contribution in [0.1, 0.15) is 6.92 Å². The number of hydrogen-bond donors (Lipinski definition) is 1. The van der Waals surface area contributed by atoms with Crippen LogP contribution < -0.4 is 5.32 Å². The van der Waals surface area contributed by atoms with E-state index in [1.807, 2.05) is 0 Å². The molecule has 0 saturated heterocycles. The molecule has 4 nitrogen and oxygen atoms in total. The third-order valence-corrected chi connectivity index (χ3v) is 3.57. The predicted molar refractivity (Wildman–Crippen MR) is 63.0 cm³/mol. The van der Waals surface area contributed by atoms with Crippen molar-refractivity contribution in [1.29, 1.82) is 0 Å². The zero-order valence-electron chi connectivity index (χ0n) is 8.93. The highest BCUT2D eigenvalue weighted by Gasteiger charge is 2.16. The molecule has 0 aliphatic heterocycles. The number of nitrogens with one attached hydrogen (secondary N) is 1. The van der Waals surface area contributed by atoms with Crippen LogP contribution in [0.5, 0.6) is 0 Å². The maximum atomic E-state index is 11.8. The highest BCUT2D eigenvalue weighted by Crippen LogP contribution is 2.21. The summed E-state index contributed by atoms with van der Waals surface area (Å²) in [7, 11) is -3.42. The molecule has 0 unspecified atom stereocenters. The molecule has 0 aliphatic carbocycles. The fourth-order valence-electron chi connectivity index (χ4n) is 1.28. The second-order valence-electron chi connectivity index (χ2n) is 3.25. The lowest BCUT2D eigenvalue weighted by molar-refractivity contribution is -0.114. The molecule has 0 bridgehead atoms. The van der Waals surface area contributed by atoms with E-state index in [1.54, 1.807) is 18.2 Å². The highest BCUT2D eigenvalue weighted by atomic mass is 32.2. The van der Waals surface area contributed by atoms with Gasteiger partial charge in [0.1, 0.15) is 0 Å². The van der Waals surface area contributed by atoms with Gasteiger partial charge in [-0.1, -0.05) is 18.2 Å². The SMILES string of the molecule is C=CCS(=O)(=O)c1ccccc1NC(C)=O. The molecule has 0 spiro atoms. The Morgan fingerprint density at radius 3 is 2.62 bits per heavy atom. The van der Waals surface area contributed by atoms with E-state index >= 15 is 0 Å². The van der Waals surface area contributed by atoms with Crippen molar-refractivity contribution >= 4 is 21.4 Å². The number of rotatable bonds is 4. The fourth-order valence-corrected chi connectivity index (χ4v) is 2.51. The summed E-state index contributed by atoms with van der Waals surface area (Å²) in [6.45, 7) is 4.73. The molecule has 1 amide bonds. The third kappa shape index (κ3) is 2.93. The summed E-state index contributed by atoms with van der Waals surface area (Å²) in [6.07, 6.45) is 1.32. The van der Waals surface area contributed by atoms with E-state index in [2.05, 4.69) is 11.9 Å². The summed E-state index contributed by atoms with van der Waals surface area (Å²) in [6, 6.07) is 6.29. The number of anilines is 1. The van der Waals surface area contributed by atoms with Gasteiger partial charge in [-0.15, -0.1) is 6.58 Å². The normalized spacial score (nSPS) is 10.8. The fraction of sp³-hybridized carbons (Fsp3) is 0.182. The van der Waals surface area contributed by atoms with Crippen LogP contribution in [0.2, 0.25) is 0 Å². The van der Waals surface area contributed by atoms with Crippen LogP contribution in [0.15, 0.2) is 41.8 Å². The van der Waals surface area contributed by atoms with Gasteiger partial charge in [0.2, 0.25) is 5.91 Å². The summed E-state index contributed by atoms with van der Waals surface area (Å²) in [4.78, 5) is 11.0. The number of amides is 1. The first-order valence-electron chi connectivity index (χ1n) is 4.67. The van der Waals surface area contributed by atoms with Crippen molar-refractivity contribution in [3.63, 3.8) is 0 Å². The van der Waals surface area contributed by atoms with Crippen LogP contribution in [-0.2, 0) is 14.6 Å². The van der Waals surface area contributed by atoms with Gasteiger partial charge in [0.15, 0.2) is 9.84 Å². The van der Waals surface area contributed by atoms with Gasteiger partial charge < -0.3 is 5.32 Å². The molecule has 86 valence electrons. The molecule has 1 aromatic carbocycles. The largest absolute Gasteiger partial charge is 0.325 e. The molecule has 0 radical (unpaired) electrons. The molecule has 0 fully saturated rings. The molecule has 1 N–H and O–H groups in total. The van der Waals surface area contributed by atoms with Crippen LogP contribution in [0.3, 0.4) is 0 Å². The van der Waals surface area contributed by atoms with E-state index in [9.17, 15) is 13.2 Å². The van der Waals surface area contributed by atoms with Gasteiger partial charge in [-0.3, -0.25) is 4.79 Å². The number of sulfone groups is 1. The Balaban J connectivity index is 3.22. The topological polar surface area (TPSA) is 63.2 Å². The van der Waals surface area contributed by atoms with E-state index in [0.29, 0.717) is 5.69 Å². The molecule has 0 aliphatic rings. The van der Waals surface area contributed by atoms with Gasteiger partial charge in [-0.2, -0.15) is 0 Å². The van der Waals surface area contributed by atoms with Crippen molar-refractivity contribution in [2.75, 3.05) is 11.1 Å². The Morgan fingerprint density at radius 2 is 2.06 bits per heavy atom. The van der Waals surface area contributed by atoms with Crippen LogP contribution in [0.4, 0.5) is 5.69 Å². The minimum Gasteiger partial charge on any atom is -0.325 e. The minimum atomic E-state index is -3.42. The van der Waals surface area contributed by atoms with E-state index < -0.39 is 9.84 Å². The number of carbonyl (C=O) groups is 1. The first-order valence-corrected chi connectivity index (χ1v) is 6.33. The summed E-state index contributed by atoms with van der Waals surface area (Å²) < 4.78 is 23.6. The maximum Gasteiger partial charge on any atom is 0.221 e. The zero-order valence-corrected chi connectivity index (χ0v) is 9.75. The summed E-state index contributed by atoms with van der Waals surface area (Å²) in [5.41, 5.74) is 0.303. The minimum absolute atomic E-state index is 0.116. The molecule has 0 heterocycles. The Hall–Kier alpha value is -1.62. The van der Waals surface area contributed by atoms with Crippen molar-refractivity contribution in [1.82, 2.24) is 0 Å². The zero-order chi connectivity index (χ0) is 12.2. The average Bonchev–Trinajstić information content (AvgIpc) is 2.17. The second kappa shape index (κ2) is 4.94. The van der Waals surface area contributed by atoms with E-state index in [0.717, 1.165) is 0 Å². The van der Waals surface area contributed by atoms with Crippen LogP contribution in [0.25, 0.3) is 0 Å². The number of para-hydroxylation sites is 1. The lowest BCUT2D eigenvalue weighted by atomic mass is 10.3. The van der Waals surface area contributed by atoms with Gasteiger partial charge in [0.25, 0.3) is 0 Å². The van der Waals surface area contributed by atoms with Crippen molar-refractivity contribution in [3.05, 3.63) is 36.9 Å². The first kappa shape index (κ1) is 12.4. The molecular weight excluding hydrogens is 226 g/mol. The smallest absolute Gasteiger partial charge is 0.221 e. The quantitative estimate of drug-likeness (QED) is 0.812. The Labute approximate surface area is 94.9 Å². The lowest BCUT2D eigenvalue weighted by Crippen LogP contribution is -2.12. The summed E-state index contributed by atoms with van der Waals surface area (Å²) in [5.74, 6) is -0.454. The van der Waals surface area contributed by atoms with Gasteiger partial charge >= 0.3 is 0 Å². The van der Waals surface area contributed by atoms with Crippen LogP contribution in [-0.4, -0.2) is 20.1 Å². The molecular formula is C11H13NO3S. The molecule has 0 atom stereocenters. The molecule has 16 heavy (non-hydrogen) atoms. The third-order valence-electron chi connectivity index (χ3n) is 1.87. The number of hydrogen-bond acceptors (Lipinski definition) is 3. The lowest BCUT2D eigenvalue weighted by Gasteiger charge is -2.09. The Morgan fingerprint density at radius 1 is 1.44 bits per heavy atom. The van der Waals surface area contributed by atoms with Crippen molar-refractivity contribution in [2.45, 2.75) is 11.8 Å². The van der Waals surface area contributed by atoms with Gasteiger partial charge in [0, 0.05) is 6.92 Å². The highest BCUT2D eigenvalue weighted by molar-refractivity contribution is 7.91. The van der Waals surface area contributed by atoms with E-state index in [1.165, 1.54) is 19.1 Å². The Bertz CT molecular complexity index is 506. The van der Waals surface area contributed by atoms with Crippen LogP contribution in [0, 0.1) is 0 Å². The monoisotopic (exact) mass is 239 g/mol. The second-order valence-corrected chi connectivity index (χ2v) is 5.25. The summed E-state index contributed by atoms with van der Waals surface area (Å²) >= 11 is 0. The van der Waals surface area contributed by atoms with E-state index in [4.69, 9.17) is 0 Å². The van der Waals surface area contributed by atoms with Gasteiger partial charge in [-0.05, 0) is 12.1 Å². The standard InChI is InChI=1S/C11H13NO3S/c1-3-8-16(14,15)11-7-5-4-6-10(11)12-9(2)13/h3-7H,1,8H2,2H3,(H,12,13). The molecule has 0 saturated carbocycles. The average molecular weight is 239 g/mol. The summed E-state index contributed by atoms with van der Waals surface area (Å²) in [5, 5.41) is 2.49. The molecule has 1 rings (SSSR count). The van der Waals surface area contributed by atoms with Crippen molar-refractivity contribution in [3.8, 4) is 0 Å². The van der Waals surface area contributed by atoms with Gasteiger partial charge in [-0.25, -0.2) is 8.42 Å². The predicted octanol–water partition coefficient (Wildman–Crippen LogP) is 1.60. The van der Waals surface area contributed by atoms with Crippen molar-refractivity contribution in [2.24, 2.45) is 0 Å². The van der Waals surface area contributed by atoms with E-state index in [-0.39, 0.29) is 16.6 Å². The molecule has 1 aromatic rings. The van der Waals surface area contributed by atoms with Gasteiger partial charge in [0.05, 0.1) is 16.3 Å². The van der Waals surface area contributed by atoms with Crippen molar-refractivity contribution < 1.29 is 13.2 Å².